The van der Waals surface area contributed by atoms with E-state index in [0.29, 0.717) is 19.6 Å². The smallest absolute Gasteiger partial charge is 0.248 e. The van der Waals surface area contributed by atoms with Crippen molar-refractivity contribution < 1.29 is 13.6 Å². The number of pyridine rings is 1. The Hall–Kier alpha value is -2.38. The van der Waals surface area contributed by atoms with Crippen LogP contribution in [0.15, 0.2) is 18.5 Å². The quantitative estimate of drug-likeness (QED) is 0.789. The molecule has 3 heterocycles. The van der Waals surface area contributed by atoms with Gasteiger partial charge in [0.1, 0.15) is 0 Å². The Morgan fingerprint density at radius 3 is 2.64 bits per heavy atom. The van der Waals surface area contributed by atoms with E-state index in [1.165, 1.54) is 0 Å². The third kappa shape index (κ3) is 3.52. The Kier molecular flexibility index (Phi) is 4.89. The van der Waals surface area contributed by atoms with Crippen LogP contribution in [0.2, 0.25) is 0 Å². The molecule has 28 heavy (non-hydrogen) atoms. The maximum absolute atomic E-state index is 13.4. The number of amides is 1. The lowest BCUT2D eigenvalue weighted by Gasteiger charge is -2.42. The van der Waals surface area contributed by atoms with E-state index in [-0.39, 0.29) is 43.6 Å². The first-order valence-electron chi connectivity index (χ1n) is 9.86. The summed E-state index contributed by atoms with van der Waals surface area (Å²) in [6, 6.07) is 2.00. The topological polar surface area (TPSA) is 62.2 Å². The van der Waals surface area contributed by atoms with Gasteiger partial charge >= 0.3 is 0 Å². The van der Waals surface area contributed by atoms with Crippen molar-refractivity contribution in [1.29, 1.82) is 0 Å². The van der Waals surface area contributed by atoms with Crippen LogP contribution in [0.25, 0.3) is 10.8 Å². The molecule has 0 unspecified atom stereocenters. The van der Waals surface area contributed by atoms with Gasteiger partial charge in [0, 0.05) is 67.6 Å². The molecule has 2 aromatic rings. The van der Waals surface area contributed by atoms with E-state index in [4.69, 9.17) is 0 Å². The molecular formula is C20H25F2N5O. The lowest BCUT2D eigenvalue weighted by atomic mass is 9.85. The third-order valence-electron chi connectivity index (χ3n) is 6.02. The lowest BCUT2D eigenvalue weighted by molar-refractivity contribution is -0.140. The predicted octanol–water partition coefficient (Wildman–Crippen LogP) is 3.20. The molecule has 1 amide bonds. The summed E-state index contributed by atoms with van der Waals surface area (Å²) in [6.07, 6.45) is 3.74. The minimum absolute atomic E-state index is 0.0171. The zero-order chi connectivity index (χ0) is 19.9. The summed E-state index contributed by atoms with van der Waals surface area (Å²) in [7, 11) is 0. The molecule has 2 fully saturated rings. The summed E-state index contributed by atoms with van der Waals surface area (Å²) >= 11 is 0. The fourth-order valence-corrected chi connectivity index (χ4v) is 4.35. The molecule has 8 heteroatoms. The Morgan fingerprint density at radius 2 is 1.93 bits per heavy atom. The highest BCUT2D eigenvalue weighted by atomic mass is 19.3. The third-order valence-corrected chi connectivity index (χ3v) is 6.02. The summed E-state index contributed by atoms with van der Waals surface area (Å²) in [6.45, 7) is 5.74. The zero-order valence-corrected chi connectivity index (χ0v) is 16.2. The van der Waals surface area contributed by atoms with Crippen LogP contribution in [-0.4, -0.2) is 57.6 Å². The van der Waals surface area contributed by atoms with E-state index in [1.807, 2.05) is 17.9 Å². The van der Waals surface area contributed by atoms with Gasteiger partial charge in [-0.2, -0.15) is 5.10 Å². The number of piperazine rings is 1. The van der Waals surface area contributed by atoms with Gasteiger partial charge in [-0.3, -0.25) is 9.78 Å². The number of aromatic nitrogens is 3. The van der Waals surface area contributed by atoms with Crippen LogP contribution in [0.3, 0.4) is 0 Å². The van der Waals surface area contributed by atoms with Crippen LogP contribution in [0.5, 0.6) is 0 Å². The van der Waals surface area contributed by atoms with Gasteiger partial charge in [-0.1, -0.05) is 0 Å². The number of carbonyl (C=O) groups excluding carboxylic acids is 1. The maximum Gasteiger partial charge on any atom is 0.248 e. The van der Waals surface area contributed by atoms with Gasteiger partial charge in [-0.25, -0.2) is 8.78 Å². The largest absolute Gasteiger partial charge is 0.348 e. The number of fused-ring (bicyclic) bond motifs is 1. The molecule has 0 N–H and O–H groups in total. The molecule has 1 aliphatic heterocycles. The Labute approximate surface area is 162 Å². The minimum atomic E-state index is -2.61. The van der Waals surface area contributed by atoms with Crippen LogP contribution in [0, 0.1) is 12.8 Å². The molecule has 6 nitrogen and oxygen atoms in total. The van der Waals surface area contributed by atoms with Crippen molar-refractivity contribution in [2.75, 3.05) is 24.5 Å². The van der Waals surface area contributed by atoms with Gasteiger partial charge in [0.2, 0.25) is 11.8 Å². The molecular weight excluding hydrogens is 364 g/mol. The second kappa shape index (κ2) is 7.22. The first-order chi connectivity index (χ1) is 13.4. The number of carbonyl (C=O) groups is 1. The fourth-order valence-electron chi connectivity index (χ4n) is 4.35. The number of anilines is 1. The number of hydrogen-bond donors (Lipinski definition) is 0. The average Bonchev–Trinajstić information content (AvgIpc) is 2.68. The number of alkyl halides is 2. The van der Waals surface area contributed by atoms with Gasteiger partial charge in [-0.05, 0) is 32.8 Å². The molecule has 0 spiro atoms. The second-order valence-electron chi connectivity index (χ2n) is 7.99. The van der Waals surface area contributed by atoms with Crippen molar-refractivity contribution in [2.45, 2.75) is 51.5 Å². The molecule has 0 radical (unpaired) electrons. The summed E-state index contributed by atoms with van der Waals surface area (Å²) in [4.78, 5) is 21.1. The molecule has 1 saturated carbocycles. The molecule has 2 aliphatic rings. The molecule has 4 rings (SSSR count). The summed E-state index contributed by atoms with van der Waals surface area (Å²) < 4.78 is 26.8. The summed E-state index contributed by atoms with van der Waals surface area (Å²) in [5.74, 6) is -2.08. The maximum atomic E-state index is 13.4. The Morgan fingerprint density at radius 1 is 1.18 bits per heavy atom. The monoisotopic (exact) mass is 389 g/mol. The van der Waals surface area contributed by atoms with Gasteiger partial charge in [-0.15, -0.1) is 5.10 Å². The second-order valence-corrected chi connectivity index (χ2v) is 7.99. The van der Waals surface area contributed by atoms with Crippen LogP contribution in [-0.2, 0) is 4.79 Å². The number of hydrogen-bond acceptors (Lipinski definition) is 5. The van der Waals surface area contributed by atoms with E-state index in [9.17, 15) is 13.6 Å². The molecule has 0 bridgehead atoms. The summed E-state index contributed by atoms with van der Waals surface area (Å²) in [5.41, 5.74) is 0.858. The normalized spacial score (nSPS) is 23.2. The van der Waals surface area contributed by atoms with Gasteiger partial charge in [0.05, 0.1) is 5.69 Å². The lowest BCUT2D eigenvalue weighted by Crippen LogP contribution is -2.55. The standard InChI is InChI=1S/C20H25F2N5O/c1-13-12-26(19(28)15-3-6-20(21,22)7-4-15)9-10-27(13)18-17-11-23-8-5-16(17)14(2)24-25-18/h5,8,11,13,15H,3-4,6-7,9-10,12H2,1-2H3/t13-/m1/s1. The highest BCUT2D eigenvalue weighted by Gasteiger charge is 2.39. The van der Waals surface area contributed by atoms with Crippen LogP contribution < -0.4 is 4.90 Å². The molecule has 1 atom stereocenters. The molecule has 1 aliphatic carbocycles. The Balaban J connectivity index is 1.48. The number of nitrogens with zero attached hydrogens (tertiary/aromatic N) is 5. The first-order valence-corrected chi connectivity index (χ1v) is 9.86. The van der Waals surface area contributed by atoms with Crippen molar-refractivity contribution in [2.24, 2.45) is 5.92 Å². The van der Waals surface area contributed by atoms with E-state index < -0.39 is 5.92 Å². The zero-order valence-electron chi connectivity index (χ0n) is 16.2. The van der Waals surface area contributed by atoms with E-state index in [2.05, 4.69) is 27.0 Å². The predicted molar refractivity (Wildman–Crippen MR) is 102 cm³/mol. The van der Waals surface area contributed by atoms with Gasteiger partial charge in [0.15, 0.2) is 5.82 Å². The summed E-state index contributed by atoms with van der Waals surface area (Å²) in [5, 5.41) is 10.7. The van der Waals surface area contributed by atoms with Crippen molar-refractivity contribution in [3.8, 4) is 0 Å². The van der Waals surface area contributed by atoms with Gasteiger partial charge in [0.25, 0.3) is 0 Å². The highest BCUT2D eigenvalue weighted by Crippen LogP contribution is 2.37. The number of aryl methyl sites for hydroxylation is 1. The highest BCUT2D eigenvalue weighted by molar-refractivity contribution is 5.92. The van der Waals surface area contributed by atoms with E-state index in [1.54, 1.807) is 12.4 Å². The average molecular weight is 389 g/mol. The van der Waals surface area contributed by atoms with Crippen LogP contribution >= 0.6 is 0 Å². The van der Waals surface area contributed by atoms with Crippen molar-refractivity contribution in [3.05, 3.63) is 24.2 Å². The number of halogens is 2. The van der Waals surface area contributed by atoms with Crippen molar-refractivity contribution >= 4 is 22.5 Å². The minimum Gasteiger partial charge on any atom is -0.348 e. The van der Waals surface area contributed by atoms with Crippen LogP contribution in [0.1, 0.15) is 38.3 Å². The van der Waals surface area contributed by atoms with Crippen LogP contribution in [0.4, 0.5) is 14.6 Å². The van der Waals surface area contributed by atoms with Crippen molar-refractivity contribution in [3.63, 3.8) is 0 Å². The first kappa shape index (κ1) is 19.0. The molecule has 1 saturated heterocycles. The fraction of sp³-hybridized carbons (Fsp3) is 0.600. The molecule has 150 valence electrons. The van der Waals surface area contributed by atoms with Crippen molar-refractivity contribution in [1.82, 2.24) is 20.1 Å². The Bertz CT molecular complexity index is 880. The SMILES string of the molecule is Cc1nnc(N2CCN(C(=O)C3CCC(F)(F)CC3)C[C@H]2C)c2cnccc12. The molecule has 0 aromatic carbocycles. The van der Waals surface area contributed by atoms with E-state index in [0.717, 1.165) is 22.3 Å². The molecule has 2 aromatic heterocycles. The van der Waals surface area contributed by atoms with Gasteiger partial charge < -0.3 is 9.80 Å². The number of rotatable bonds is 2. The van der Waals surface area contributed by atoms with E-state index >= 15 is 0 Å².